The molecule has 0 bridgehead atoms. The molecule has 0 aromatic rings. The fraction of sp³-hybridized carbons (Fsp3) is 1.00. The van der Waals surface area contributed by atoms with Crippen molar-refractivity contribution in [3.63, 3.8) is 0 Å². The van der Waals surface area contributed by atoms with Crippen molar-refractivity contribution < 1.29 is 16.8 Å². The summed E-state index contributed by atoms with van der Waals surface area (Å²) in [5, 5.41) is 3.29. The molecular weight excluding hydrogens is 314 g/mol. The summed E-state index contributed by atoms with van der Waals surface area (Å²) in [6.45, 7) is 4.92. The third-order valence-corrected chi connectivity index (χ3v) is 7.59. The molecule has 0 amide bonds. The number of nitrogens with zero attached hydrogens (tertiary/aromatic N) is 1. The van der Waals surface area contributed by atoms with Gasteiger partial charge in [0.1, 0.15) is 0 Å². The molecule has 1 unspecified atom stereocenters. The van der Waals surface area contributed by atoms with Gasteiger partial charge in [0.05, 0.1) is 11.5 Å². The second-order valence-electron chi connectivity index (χ2n) is 5.87. The number of sulfone groups is 1. The van der Waals surface area contributed by atoms with Gasteiger partial charge in [0, 0.05) is 19.1 Å². The number of piperidine rings is 1. The molecule has 7 nitrogen and oxygen atoms in total. The van der Waals surface area contributed by atoms with Crippen molar-refractivity contribution in [1.29, 1.82) is 0 Å². The molecule has 2 heterocycles. The minimum Gasteiger partial charge on any atom is -0.317 e. The Hall–Kier alpha value is -0.220. The molecule has 0 radical (unpaired) electrons. The highest BCUT2D eigenvalue weighted by Crippen LogP contribution is 2.20. The first-order valence-electron chi connectivity index (χ1n) is 7.51. The summed E-state index contributed by atoms with van der Waals surface area (Å²) in [5.74, 6) is 0.511. The van der Waals surface area contributed by atoms with Gasteiger partial charge in [-0.1, -0.05) is 6.92 Å². The minimum absolute atomic E-state index is 0.0744. The number of hydrogen-bond donors (Lipinski definition) is 2. The fourth-order valence-corrected chi connectivity index (χ4v) is 6.12. The van der Waals surface area contributed by atoms with E-state index in [4.69, 9.17) is 0 Å². The Kier molecular flexibility index (Phi) is 5.64. The van der Waals surface area contributed by atoms with Crippen LogP contribution in [0.25, 0.3) is 0 Å². The zero-order valence-corrected chi connectivity index (χ0v) is 14.0. The molecule has 2 N–H and O–H groups in total. The number of rotatable bonds is 6. The summed E-state index contributed by atoms with van der Waals surface area (Å²) >= 11 is 0. The maximum Gasteiger partial charge on any atom is 0.279 e. The van der Waals surface area contributed by atoms with E-state index in [1.54, 1.807) is 0 Å². The van der Waals surface area contributed by atoms with Gasteiger partial charge in [-0.25, -0.2) is 8.42 Å². The molecule has 2 fully saturated rings. The van der Waals surface area contributed by atoms with Crippen LogP contribution in [0.1, 0.15) is 26.2 Å². The van der Waals surface area contributed by atoms with Gasteiger partial charge in [0.25, 0.3) is 10.2 Å². The van der Waals surface area contributed by atoms with Crippen molar-refractivity contribution in [1.82, 2.24) is 14.3 Å². The van der Waals surface area contributed by atoms with E-state index in [9.17, 15) is 16.8 Å². The molecule has 2 aliphatic rings. The van der Waals surface area contributed by atoms with E-state index in [-0.39, 0.29) is 11.5 Å². The van der Waals surface area contributed by atoms with Crippen LogP contribution in [0.5, 0.6) is 0 Å². The molecule has 0 aromatic heterocycles. The molecular formula is C12H25N3O4S2. The fourth-order valence-electron chi connectivity index (χ4n) is 2.88. The second-order valence-corrected chi connectivity index (χ2v) is 9.80. The van der Waals surface area contributed by atoms with Crippen molar-refractivity contribution in [3.8, 4) is 0 Å². The van der Waals surface area contributed by atoms with Crippen LogP contribution in [-0.2, 0) is 20.0 Å². The molecule has 0 saturated carbocycles. The number of nitrogens with one attached hydrogen (secondary N) is 2. The van der Waals surface area contributed by atoms with Crippen LogP contribution in [0.15, 0.2) is 0 Å². The van der Waals surface area contributed by atoms with Crippen LogP contribution in [-0.4, -0.2) is 64.9 Å². The van der Waals surface area contributed by atoms with Gasteiger partial charge in [0.2, 0.25) is 0 Å². The van der Waals surface area contributed by atoms with Gasteiger partial charge >= 0.3 is 0 Å². The Bertz CT molecular complexity index is 539. The lowest BCUT2D eigenvalue weighted by Gasteiger charge is -2.32. The van der Waals surface area contributed by atoms with E-state index in [2.05, 4.69) is 17.0 Å². The van der Waals surface area contributed by atoms with Crippen LogP contribution in [0, 0.1) is 5.92 Å². The van der Waals surface area contributed by atoms with Crippen LogP contribution in [0.4, 0.5) is 0 Å². The highest BCUT2D eigenvalue weighted by Gasteiger charge is 2.34. The lowest BCUT2D eigenvalue weighted by atomic mass is 9.98. The van der Waals surface area contributed by atoms with Crippen molar-refractivity contribution in [3.05, 3.63) is 0 Å². The van der Waals surface area contributed by atoms with E-state index >= 15 is 0 Å². The summed E-state index contributed by atoms with van der Waals surface area (Å²) in [7, 11) is -6.63. The van der Waals surface area contributed by atoms with Crippen LogP contribution in [0.2, 0.25) is 0 Å². The second kappa shape index (κ2) is 6.91. The summed E-state index contributed by atoms with van der Waals surface area (Å²) in [6, 6.07) is -0.473. The van der Waals surface area contributed by atoms with Gasteiger partial charge < -0.3 is 5.32 Å². The predicted octanol–water partition coefficient (Wildman–Crippen LogP) is -0.671. The largest absolute Gasteiger partial charge is 0.317 e. The quantitative estimate of drug-likeness (QED) is 0.669. The van der Waals surface area contributed by atoms with Crippen molar-refractivity contribution in [2.75, 3.05) is 37.7 Å². The molecule has 2 aliphatic heterocycles. The van der Waals surface area contributed by atoms with Crippen molar-refractivity contribution in [2.45, 2.75) is 32.2 Å². The van der Waals surface area contributed by atoms with Gasteiger partial charge in [0.15, 0.2) is 9.84 Å². The molecule has 1 atom stereocenters. The zero-order valence-electron chi connectivity index (χ0n) is 12.4. The van der Waals surface area contributed by atoms with E-state index in [0.717, 1.165) is 25.9 Å². The summed E-state index contributed by atoms with van der Waals surface area (Å²) in [6.07, 6.45) is 2.06. The molecule has 0 aliphatic carbocycles. The Morgan fingerprint density at radius 3 is 2.38 bits per heavy atom. The van der Waals surface area contributed by atoms with E-state index < -0.39 is 26.1 Å². The SMILES string of the molecule is CCNCC1CCN(S(=O)(=O)NC2CCS(=O)(=O)C2)CC1. The van der Waals surface area contributed by atoms with Gasteiger partial charge in [-0.05, 0) is 38.3 Å². The first-order valence-corrected chi connectivity index (χ1v) is 10.8. The highest BCUT2D eigenvalue weighted by molar-refractivity contribution is 7.91. The topological polar surface area (TPSA) is 95.6 Å². The molecule has 124 valence electrons. The minimum atomic E-state index is -3.56. The molecule has 21 heavy (non-hydrogen) atoms. The van der Waals surface area contributed by atoms with Gasteiger partial charge in [-0.3, -0.25) is 0 Å². The van der Waals surface area contributed by atoms with Gasteiger partial charge in [-0.15, -0.1) is 0 Å². The van der Waals surface area contributed by atoms with Crippen molar-refractivity contribution in [2.24, 2.45) is 5.92 Å². The van der Waals surface area contributed by atoms with Crippen LogP contribution >= 0.6 is 0 Å². The van der Waals surface area contributed by atoms with E-state index in [0.29, 0.717) is 25.4 Å². The maximum absolute atomic E-state index is 12.3. The molecule has 2 rings (SSSR count). The summed E-state index contributed by atoms with van der Waals surface area (Å²) in [5.41, 5.74) is 0. The maximum atomic E-state index is 12.3. The Morgan fingerprint density at radius 2 is 1.86 bits per heavy atom. The van der Waals surface area contributed by atoms with Crippen LogP contribution in [0.3, 0.4) is 0 Å². The standard InChI is InChI=1S/C12H25N3O4S2/c1-2-13-9-11-3-6-15(7-4-11)21(18,19)14-12-5-8-20(16,17)10-12/h11-14H,2-10H2,1H3. The third-order valence-electron chi connectivity index (χ3n) is 4.14. The molecule has 0 aromatic carbocycles. The lowest BCUT2D eigenvalue weighted by Crippen LogP contribution is -2.49. The first kappa shape index (κ1) is 17.1. The highest BCUT2D eigenvalue weighted by atomic mass is 32.2. The average Bonchev–Trinajstić information content (AvgIpc) is 2.75. The Labute approximate surface area is 127 Å². The Balaban J connectivity index is 1.84. The number of hydrogen-bond acceptors (Lipinski definition) is 5. The normalized spacial score (nSPS) is 28.0. The monoisotopic (exact) mass is 339 g/mol. The Morgan fingerprint density at radius 1 is 1.19 bits per heavy atom. The van der Waals surface area contributed by atoms with E-state index in [1.165, 1.54) is 4.31 Å². The smallest absolute Gasteiger partial charge is 0.279 e. The average molecular weight is 339 g/mol. The summed E-state index contributed by atoms with van der Waals surface area (Å²) < 4.78 is 51.3. The molecule has 2 saturated heterocycles. The van der Waals surface area contributed by atoms with E-state index in [1.807, 2.05) is 0 Å². The van der Waals surface area contributed by atoms with Crippen molar-refractivity contribution >= 4 is 20.0 Å². The zero-order chi connectivity index (χ0) is 15.5. The summed E-state index contributed by atoms with van der Waals surface area (Å²) in [4.78, 5) is 0. The van der Waals surface area contributed by atoms with Gasteiger partial charge in [-0.2, -0.15) is 17.4 Å². The molecule has 9 heteroatoms. The lowest BCUT2D eigenvalue weighted by molar-refractivity contribution is 0.265. The third kappa shape index (κ3) is 4.88. The van der Waals surface area contributed by atoms with Crippen LogP contribution < -0.4 is 10.0 Å². The first-order chi connectivity index (χ1) is 9.82. The predicted molar refractivity (Wildman–Crippen MR) is 82.0 cm³/mol. The molecule has 0 spiro atoms.